The molecule has 8 heteroatoms. The maximum absolute atomic E-state index is 6.38. The third kappa shape index (κ3) is 3.36. The average Bonchev–Trinajstić information content (AvgIpc) is 3.17. The normalized spacial score (nSPS) is 25.7. The molecule has 1 aliphatic heterocycles. The molecule has 1 aromatic carbocycles. The summed E-state index contributed by atoms with van der Waals surface area (Å²) in [5, 5.41) is 5.16. The summed E-state index contributed by atoms with van der Waals surface area (Å²) < 4.78 is 13.9. The van der Waals surface area contributed by atoms with Crippen molar-refractivity contribution in [2.75, 3.05) is 6.61 Å². The first-order valence-electron chi connectivity index (χ1n) is 7.39. The van der Waals surface area contributed by atoms with Crippen molar-refractivity contribution in [3.8, 4) is 0 Å². The Kier molecular flexibility index (Phi) is 4.89. The Labute approximate surface area is 144 Å². The van der Waals surface area contributed by atoms with Crippen LogP contribution in [0.5, 0.6) is 0 Å². The van der Waals surface area contributed by atoms with Gasteiger partial charge in [-0.2, -0.15) is 5.10 Å². The van der Waals surface area contributed by atoms with E-state index in [1.165, 1.54) is 6.33 Å². The summed E-state index contributed by atoms with van der Waals surface area (Å²) in [4.78, 5) is 3.96. The molecular weight excluding hydrogens is 339 g/mol. The van der Waals surface area contributed by atoms with Crippen molar-refractivity contribution in [2.45, 2.75) is 37.8 Å². The van der Waals surface area contributed by atoms with Gasteiger partial charge in [0.2, 0.25) is 5.79 Å². The molecule has 0 saturated carbocycles. The average molecular weight is 357 g/mol. The van der Waals surface area contributed by atoms with Crippen molar-refractivity contribution >= 4 is 23.2 Å². The Hall–Kier alpha value is -1.18. The molecular formula is C15H18Cl2N4O2. The van der Waals surface area contributed by atoms with Crippen LogP contribution < -0.4 is 5.73 Å². The Morgan fingerprint density at radius 1 is 1.48 bits per heavy atom. The molecule has 0 amide bonds. The third-order valence-corrected chi connectivity index (χ3v) is 4.50. The first kappa shape index (κ1) is 16.7. The van der Waals surface area contributed by atoms with E-state index < -0.39 is 5.79 Å². The quantitative estimate of drug-likeness (QED) is 0.890. The van der Waals surface area contributed by atoms with Crippen LogP contribution in [0.4, 0.5) is 0 Å². The lowest BCUT2D eigenvalue weighted by molar-refractivity contribution is -0.190. The molecule has 1 aliphatic rings. The highest BCUT2D eigenvalue weighted by atomic mass is 35.5. The molecule has 0 spiro atoms. The summed E-state index contributed by atoms with van der Waals surface area (Å²) in [6.07, 6.45) is 3.64. The highest BCUT2D eigenvalue weighted by Crippen LogP contribution is 2.40. The number of benzene rings is 1. The molecule has 3 rings (SSSR count). The third-order valence-electron chi connectivity index (χ3n) is 3.95. The number of nitrogens with two attached hydrogens (primary N) is 1. The lowest BCUT2D eigenvalue weighted by Gasteiger charge is -2.30. The molecule has 124 valence electrons. The van der Waals surface area contributed by atoms with Gasteiger partial charge in [0.15, 0.2) is 0 Å². The van der Waals surface area contributed by atoms with E-state index in [1.807, 2.05) is 6.92 Å². The van der Waals surface area contributed by atoms with Crippen LogP contribution in [0.15, 0.2) is 30.9 Å². The summed E-state index contributed by atoms with van der Waals surface area (Å²) in [5.41, 5.74) is 6.82. The molecule has 3 atom stereocenters. The molecule has 23 heavy (non-hydrogen) atoms. The summed E-state index contributed by atoms with van der Waals surface area (Å²) in [7, 11) is 0. The van der Waals surface area contributed by atoms with Crippen LogP contribution >= 0.6 is 23.2 Å². The van der Waals surface area contributed by atoms with Gasteiger partial charge in [-0.25, -0.2) is 9.67 Å². The molecule has 2 heterocycles. The second-order valence-corrected chi connectivity index (χ2v) is 6.35. The van der Waals surface area contributed by atoms with Crippen LogP contribution in [0.25, 0.3) is 0 Å². The van der Waals surface area contributed by atoms with Gasteiger partial charge in [-0.1, -0.05) is 36.2 Å². The SMILES string of the molecule is CCC(N)C1COC(Cn2cncn2)(c2ccc(Cl)cc2Cl)O1. The number of ether oxygens (including phenoxy) is 2. The predicted molar refractivity (Wildman–Crippen MR) is 87.3 cm³/mol. The van der Waals surface area contributed by atoms with Crippen LogP contribution in [0, 0.1) is 0 Å². The van der Waals surface area contributed by atoms with E-state index in [9.17, 15) is 0 Å². The highest BCUT2D eigenvalue weighted by molar-refractivity contribution is 6.35. The minimum absolute atomic E-state index is 0.112. The summed E-state index contributed by atoms with van der Waals surface area (Å²) in [5.74, 6) is -1.06. The van der Waals surface area contributed by atoms with Gasteiger partial charge in [-0.3, -0.25) is 0 Å². The van der Waals surface area contributed by atoms with E-state index in [-0.39, 0.29) is 12.1 Å². The smallest absolute Gasteiger partial charge is 0.217 e. The molecule has 2 N–H and O–H groups in total. The Morgan fingerprint density at radius 3 is 2.96 bits per heavy atom. The van der Waals surface area contributed by atoms with Crippen molar-refractivity contribution in [3.05, 3.63) is 46.5 Å². The predicted octanol–water partition coefficient (Wildman–Crippen LogP) is 2.59. The molecule has 2 aromatic rings. The maximum Gasteiger partial charge on any atom is 0.217 e. The molecule has 1 fully saturated rings. The Balaban J connectivity index is 1.97. The fourth-order valence-electron chi connectivity index (χ4n) is 2.64. The second kappa shape index (κ2) is 6.75. The fraction of sp³-hybridized carbons (Fsp3) is 0.467. The van der Waals surface area contributed by atoms with Gasteiger partial charge in [0.1, 0.15) is 19.2 Å². The van der Waals surface area contributed by atoms with Crippen LogP contribution in [0.3, 0.4) is 0 Å². The number of hydrogen-bond donors (Lipinski definition) is 1. The van der Waals surface area contributed by atoms with Crippen molar-refractivity contribution in [3.63, 3.8) is 0 Å². The number of nitrogens with zero attached hydrogens (tertiary/aromatic N) is 3. The van der Waals surface area contributed by atoms with Gasteiger partial charge in [-0.15, -0.1) is 0 Å². The van der Waals surface area contributed by atoms with Crippen LogP contribution in [-0.4, -0.2) is 33.5 Å². The first-order chi connectivity index (χ1) is 11.0. The molecule has 1 aromatic heterocycles. The Bertz CT molecular complexity index is 668. The summed E-state index contributed by atoms with van der Waals surface area (Å²) in [6, 6.07) is 5.12. The zero-order chi connectivity index (χ0) is 16.4. The van der Waals surface area contributed by atoms with Crippen molar-refractivity contribution in [1.29, 1.82) is 0 Å². The van der Waals surface area contributed by atoms with Gasteiger partial charge in [0, 0.05) is 16.6 Å². The minimum atomic E-state index is -1.06. The van der Waals surface area contributed by atoms with E-state index in [4.69, 9.17) is 38.4 Å². The molecule has 0 bridgehead atoms. The largest absolute Gasteiger partial charge is 0.342 e. The number of aromatic nitrogens is 3. The molecule has 0 aliphatic carbocycles. The highest BCUT2D eigenvalue weighted by Gasteiger charge is 2.46. The van der Waals surface area contributed by atoms with Crippen molar-refractivity contribution in [1.82, 2.24) is 14.8 Å². The maximum atomic E-state index is 6.38. The monoisotopic (exact) mass is 356 g/mol. The van der Waals surface area contributed by atoms with Crippen LogP contribution in [0.2, 0.25) is 10.0 Å². The summed E-state index contributed by atoms with van der Waals surface area (Å²) >= 11 is 12.4. The van der Waals surface area contributed by atoms with Crippen molar-refractivity contribution in [2.24, 2.45) is 5.73 Å². The zero-order valence-electron chi connectivity index (χ0n) is 12.7. The van der Waals surface area contributed by atoms with Gasteiger partial charge >= 0.3 is 0 Å². The minimum Gasteiger partial charge on any atom is -0.342 e. The first-order valence-corrected chi connectivity index (χ1v) is 8.15. The molecule has 3 unspecified atom stereocenters. The number of rotatable bonds is 5. The van der Waals surface area contributed by atoms with E-state index in [0.717, 1.165) is 6.42 Å². The van der Waals surface area contributed by atoms with Gasteiger partial charge in [0.25, 0.3) is 0 Å². The zero-order valence-corrected chi connectivity index (χ0v) is 14.2. The number of hydrogen-bond acceptors (Lipinski definition) is 5. The second-order valence-electron chi connectivity index (χ2n) is 5.51. The molecule has 0 radical (unpaired) electrons. The standard InChI is InChI=1S/C15H18Cl2N4O2/c1-2-13(18)14-6-22-15(23-14,7-21-9-19-8-20-21)11-4-3-10(16)5-12(11)17/h3-5,8-9,13-14H,2,6-7,18H2,1H3. The van der Waals surface area contributed by atoms with Gasteiger partial charge in [0.05, 0.1) is 17.7 Å². The van der Waals surface area contributed by atoms with Crippen LogP contribution in [0.1, 0.15) is 18.9 Å². The van der Waals surface area contributed by atoms with E-state index >= 15 is 0 Å². The van der Waals surface area contributed by atoms with E-state index in [2.05, 4.69) is 10.1 Å². The topological polar surface area (TPSA) is 75.2 Å². The lowest BCUT2D eigenvalue weighted by Crippen LogP contribution is -2.39. The van der Waals surface area contributed by atoms with Gasteiger partial charge < -0.3 is 15.2 Å². The van der Waals surface area contributed by atoms with Crippen molar-refractivity contribution < 1.29 is 9.47 Å². The molecule has 1 saturated heterocycles. The lowest BCUT2D eigenvalue weighted by atomic mass is 10.1. The Morgan fingerprint density at radius 2 is 2.30 bits per heavy atom. The van der Waals surface area contributed by atoms with Crippen LogP contribution in [-0.2, 0) is 21.8 Å². The van der Waals surface area contributed by atoms with Gasteiger partial charge in [-0.05, 0) is 18.6 Å². The van der Waals surface area contributed by atoms with E-state index in [0.29, 0.717) is 28.8 Å². The van der Waals surface area contributed by atoms with E-state index in [1.54, 1.807) is 29.2 Å². The summed E-state index contributed by atoms with van der Waals surface area (Å²) in [6.45, 7) is 2.73. The molecule has 6 nitrogen and oxygen atoms in total. The number of halogens is 2. The fourth-order valence-corrected chi connectivity index (χ4v) is 3.19.